The van der Waals surface area contributed by atoms with Crippen molar-refractivity contribution < 1.29 is 0 Å². The molecule has 0 fully saturated rings. The van der Waals surface area contributed by atoms with Gasteiger partial charge < -0.3 is 9.88 Å². The van der Waals surface area contributed by atoms with Gasteiger partial charge in [0.2, 0.25) is 0 Å². The van der Waals surface area contributed by atoms with E-state index in [1.165, 1.54) is 24.8 Å². The maximum Gasteiger partial charge on any atom is 0.0358 e. The van der Waals surface area contributed by atoms with Crippen molar-refractivity contribution >= 4 is 0 Å². The van der Waals surface area contributed by atoms with Crippen LogP contribution in [0.25, 0.3) is 0 Å². The van der Waals surface area contributed by atoms with Gasteiger partial charge in [-0.05, 0) is 30.5 Å². The second-order valence-electron chi connectivity index (χ2n) is 5.17. The van der Waals surface area contributed by atoms with Crippen molar-refractivity contribution in [3.8, 4) is 0 Å². The van der Waals surface area contributed by atoms with Crippen LogP contribution in [0, 0.1) is 5.92 Å². The minimum atomic E-state index is 0.493. The molecule has 17 heavy (non-hydrogen) atoms. The Bertz CT molecular complexity index is 302. The predicted molar refractivity (Wildman–Crippen MR) is 75.2 cm³/mol. The second kappa shape index (κ2) is 7.54. The zero-order valence-corrected chi connectivity index (χ0v) is 11.9. The molecule has 2 nitrogen and oxygen atoms in total. The van der Waals surface area contributed by atoms with Crippen LogP contribution in [-0.4, -0.2) is 11.1 Å². The summed E-state index contributed by atoms with van der Waals surface area (Å²) in [6.45, 7) is 11.2. The molecule has 1 aromatic rings. The first-order valence-electron chi connectivity index (χ1n) is 7.08. The standard InChI is InChI=1S/C15H28N2/c1-5-7-8-10-17-11-9-14(12-17)15(13(3)4)16-6-2/h9,11-13,15-16H,5-8,10H2,1-4H3. The molecule has 0 radical (unpaired) electrons. The average Bonchev–Trinajstić information content (AvgIpc) is 2.74. The molecule has 98 valence electrons. The van der Waals surface area contributed by atoms with Crippen molar-refractivity contribution in [2.75, 3.05) is 6.54 Å². The topological polar surface area (TPSA) is 17.0 Å². The smallest absolute Gasteiger partial charge is 0.0358 e. The van der Waals surface area contributed by atoms with Crippen molar-refractivity contribution in [1.82, 2.24) is 9.88 Å². The van der Waals surface area contributed by atoms with Crippen molar-refractivity contribution in [2.24, 2.45) is 5.92 Å². The lowest BCUT2D eigenvalue weighted by atomic mass is 9.98. The molecule has 0 saturated carbocycles. The normalized spacial score (nSPS) is 13.2. The molecule has 1 heterocycles. The number of rotatable bonds is 8. The Morgan fingerprint density at radius 2 is 2.00 bits per heavy atom. The summed E-state index contributed by atoms with van der Waals surface area (Å²) < 4.78 is 2.33. The molecule has 1 atom stereocenters. The van der Waals surface area contributed by atoms with E-state index < -0.39 is 0 Å². The zero-order chi connectivity index (χ0) is 12.7. The molecular formula is C15H28N2. The monoisotopic (exact) mass is 236 g/mol. The molecule has 0 aliphatic carbocycles. The van der Waals surface area contributed by atoms with Gasteiger partial charge in [-0.25, -0.2) is 0 Å². The molecule has 1 unspecified atom stereocenters. The predicted octanol–water partition coefficient (Wildman–Crippen LogP) is 3.98. The van der Waals surface area contributed by atoms with Crippen molar-refractivity contribution in [1.29, 1.82) is 0 Å². The Hall–Kier alpha value is -0.760. The Morgan fingerprint density at radius 3 is 2.59 bits per heavy atom. The van der Waals surface area contributed by atoms with Gasteiger partial charge in [0.25, 0.3) is 0 Å². The van der Waals surface area contributed by atoms with Crippen LogP contribution in [-0.2, 0) is 6.54 Å². The summed E-state index contributed by atoms with van der Waals surface area (Å²) in [6.07, 6.45) is 8.44. The van der Waals surface area contributed by atoms with Crippen LogP contribution in [0.15, 0.2) is 18.5 Å². The van der Waals surface area contributed by atoms with Crippen LogP contribution in [0.5, 0.6) is 0 Å². The van der Waals surface area contributed by atoms with Gasteiger partial charge in [0.1, 0.15) is 0 Å². The van der Waals surface area contributed by atoms with Crippen LogP contribution >= 0.6 is 0 Å². The lowest BCUT2D eigenvalue weighted by molar-refractivity contribution is 0.421. The molecule has 0 saturated heterocycles. The number of hydrogen-bond acceptors (Lipinski definition) is 1. The van der Waals surface area contributed by atoms with E-state index in [2.05, 4.69) is 56.0 Å². The minimum absolute atomic E-state index is 0.493. The number of unbranched alkanes of at least 4 members (excludes halogenated alkanes) is 2. The molecule has 1 aromatic heterocycles. The van der Waals surface area contributed by atoms with Crippen molar-refractivity contribution in [3.05, 3.63) is 24.0 Å². The molecular weight excluding hydrogens is 208 g/mol. The van der Waals surface area contributed by atoms with Crippen LogP contribution in [0.1, 0.15) is 58.6 Å². The lowest BCUT2D eigenvalue weighted by Gasteiger charge is -2.20. The summed E-state index contributed by atoms with van der Waals surface area (Å²) in [7, 11) is 0. The Kier molecular flexibility index (Phi) is 6.35. The SMILES string of the molecule is CCCCCn1ccc(C(NCC)C(C)C)c1. The first kappa shape index (κ1) is 14.3. The van der Waals surface area contributed by atoms with Gasteiger partial charge in [-0.15, -0.1) is 0 Å². The Balaban J connectivity index is 2.58. The maximum atomic E-state index is 3.57. The van der Waals surface area contributed by atoms with Gasteiger partial charge >= 0.3 is 0 Å². The summed E-state index contributed by atoms with van der Waals surface area (Å²) >= 11 is 0. The number of nitrogens with zero attached hydrogens (tertiary/aromatic N) is 1. The average molecular weight is 236 g/mol. The van der Waals surface area contributed by atoms with Gasteiger partial charge in [0.05, 0.1) is 0 Å². The van der Waals surface area contributed by atoms with Gasteiger partial charge in [-0.1, -0.05) is 40.5 Å². The first-order valence-corrected chi connectivity index (χ1v) is 7.08. The van der Waals surface area contributed by atoms with Crippen LogP contribution in [0.3, 0.4) is 0 Å². The third-order valence-corrected chi connectivity index (χ3v) is 3.24. The van der Waals surface area contributed by atoms with Gasteiger partial charge in [0.15, 0.2) is 0 Å². The van der Waals surface area contributed by atoms with Crippen LogP contribution < -0.4 is 5.32 Å². The molecule has 0 aliphatic heterocycles. The van der Waals surface area contributed by atoms with E-state index in [1.807, 2.05) is 0 Å². The van der Waals surface area contributed by atoms with Crippen molar-refractivity contribution in [3.63, 3.8) is 0 Å². The molecule has 2 heteroatoms. The zero-order valence-electron chi connectivity index (χ0n) is 11.9. The highest BCUT2D eigenvalue weighted by atomic mass is 15.0. The molecule has 0 spiro atoms. The Labute approximate surface area is 106 Å². The highest BCUT2D eigenvalue weighted by Gasteiger charge is 2.15. The quantitative estimate of drug-likeness (QED) is 0.675. The number of nitrogens with one attached hydrogen (secondary N) is 1. The summed E-state index contributed by atoms with van der Waals surface area (Å²) in [6, 6.07) is 2.76. The fourth-order valence-electron chi connectivity index (χ4n) is 2.29. The third kappa shape index (κ3) is 4.55. The largest absolute Gasteiger partial charge is 0.354 e. The lowest BCUT2D eigenvalue weighted by Crippen LogP contribution is -2.25. The van der Waals surface area contributed by atoms with Crippen LogP contribution in [0.4, 0.5) is 0 Å². The summed E-state index contributed by atoms with van der Waals surface area (Å²) in [4.78, 5) is 0. The summed E-state index contributed by atoms with van der Waals surface area (Å²) in [5, 5.41) is 3.57. The molecule has 0 aliphatic rings. The van der Waals surface area contributed by atoms with Crippen LogP contribution in [0.2, 0.25) is 0 Å². The van der Waals surface area contributed by atoms with E-state index in [0.717, 1.165) is 13.1 Å². The second-order valence-corrected chi connectivity index (χ2v) is 5.17. The highest BCUT2D eigenvalue weighted by Crippen LogP contribution is 2.21. The fraction of sp³-hybridized carbons (Fsp3) is 0.733. The molecule has 0 amide bonds. The molecule has 1 rings (SSSR count). The van der Waals surface area contributed by atoms with Gasteiger partial charge in [0, 0.05) is 25.0 Å². The van der Waals surface area contributed by atoms with E-state index in [9.17, 15) is 0 Å². The molecule has 1 N–H and O–H groups in total. The van der Waals surface area contributed by atoms with E-state index >= 15 is 0 Å². The Morgan fingerprint density at radius 1 is 1.24 bits per heavy atom. The van der Waals surface area contributed by atoms with E-state index in [4.69, 9.17) is 0 Å². The highest BCUT2D eigenvalue weighted by molar-refractivity contribution is 5.16. The third-order valence-electron chi connectivity index (χ3n) is 3.24. The first-order chi connectivity index (χ1) is 8.19. The molecule has 0 bridgehead atoms. The van der Waals surface area contributed by atoms with E-state index in [0.29, 0.717) is 12.0 Å². The number of aryl methyl sites for hydroxylation is 1. The molecule has 0 aromatic carbocycles. The van der Waals surface area contributed by atoms with E-state index in [-0.39, 0.29) is 0 Å². The summed E-state index contributed by atoms with van der Waals surface area (Å²) in [5.41, 5.74) is 1.43. The van der Waals surface area contributed by atoms with Gasteiger partial charge in [-0.2, -0.15) is 0 Å². The summed E-state index contributed by atoms with van der Waals surface area (Å²) in [5.74, 6) is 0.640. The number of aromatic nitrogens is 1. The fourth-order valence-corrected chi connectivity index (χ4v) is 2.29. The number of hydrogen-bond donors (Lipinski definition) is 1. The maximum absolute atomic E-state index is 3.57. The van der Waals surface area contributed by atoms with Crippen molar-refractivity contribution in [2.45, 2.75) is 59.5 Å². The minimum Gasteiger partial charge on any atom is -0.354 e. The van der Waals surface area contributed by atoms with E-state index in [1.54, 1.807) is 0 Å². The van der Waals surface area contributed by atoms with Gasteiger partial charge in [-0.3, -0.25) is 0 Å².